The van der Waals surface area contributed by atoms with Gasteiger partial charge in [0.1, 0.15) is 17.1 Å². The van der Waals surface area contributed by atoms with Crippen molar-refractivity contribution in [3.05, 3.63) is 48.4 Å². The molecule has 0 amide bonds. The van der Waals surface area contributed by atoms with Crippen LogP contribution in [0.15, 0.2) is 42.9 Å². The van der Waals surface area contributed by atoms with Crippen LogP contribution >= 0.6 is 0 Å². The Labute approximate surface area is 198 Å². The molecular weight excluding hydrogens is 434 g/mol. The topological polar surface area (TPSA) is 113 Å². The Kier molecular flexibility index (Phi) is 6.49. The van der Waals surface area contributed by atoms with E-state index in [0.29, 0.717) is 11.4 Å². The van der Waals surface area contributed by atoms with Crippen LogP contribution in [0.3, 0.4) is 0 Å². The lowest BCUT2D eigenvalue weighted by Gasteiger charge is -2.31. The number of pyridine rings is 1. The minimum absolute atomic E-state index is 0.0978. The summed E-state index contributed by atoms with van der Waals surface area (Å²) in [5.41, 5.74) is 3.13. The number of fused-ring (bicyclic) bond motifs is 1. The number of benzene rings is 1. The Morgan fingerprint density at radius 1 is 1.00 bits per heavy atom. The molecule has 5 rings (SSSR count). The van der Waals surface area contributed by atoms with Crippen LogP contribution in [0.4, 0.5) is 11.5 Å². The van der Waals surface area contributed by atoms with Gasteiger partial charge in [-0.25, -0.2) is 9.97 Å². The number of hydrogen-bond acceptors (Lipinski definition) is 9. The molecule has 1 aliphatic carbocycles. The van der Waals surface area contributed by atoms with Crippen molar-refractivity contribution in [2.45, 2.75) is 50.5 Å². The highest BCUT2D eigenvalue weighted by Crippen LogP contribution is 2.33. The van der Waals surface area contributed by atoms with Gasteiger partial charge in [0.2, 0.25) is 0 Å². The molecule has 0 bridgehead atoms. The van der Waals surface area contributed by atoms with Gasteiger partial charge in [0, 0.05) is 55.0 Å². The molecule has 1 aliphatic heterocycles. The number of anilines is 2. The Morgan fingerprint density at radius 2 is 1.76 bits per heavy atom. The largest absolute Gasteiger partial charge is 0.488 e. The van der Waals surface area contributed by atoms with Crippen LogP contribution in [0.2, 0.25) is 0 Å². The van der Waals surface area contributed by atoms with E-state index in [9.17, 15) is 10.2 Å². The maximum Gasteiger partial charge on any atom is 0.186 e. The van der Waals surface area contributed by atoms with Crippen molar-refractivity contribution in [3.63, 3.8) is 0 Å². The maximum absolute atomic E-state index is 9.84. The highest BCUT2D eigenvalue weighted by molar-refractivity contribution is 5.85. The van der Waals surface area contributed by atoms with Gasteiger partial charge in [-0.05, 0) is 50.8 Å². The summed E-state index contributed by atoms with van der Waals surface area (Å²) < 4.78 is 12.0. The molecule has 9 nitrogen and oxygen atoms in total. The SMILES string of the molecule is CC(O)(O)c1ccnc(NC2CCC(Oc3cc(N4CCOCC4)cc4nccnc34)CC2)c1. The second-order valence-electron chi connectivity index (χ2n) is 9.15. The van der Waals surface area contributed by atoms with Gasteiger partial charge < -0.3 is 29.9 Å². The van der Waals surface area contributed by atoms with E-state index in [1.165, 1.54) is 6.92 Å². The Balaban J connectivity index is 1.25. The first-order valence-electron chi connectivity index (χ1n) is 11.9. The van der Waals surface area contributed by atoms with E-state index >= 15 is 0 Å². The zero-order chi connectivity index (χ0) is 23.5. The molecular formula is C25H31N5O4. The molecule has 180 valence electrons. The van der Waals surface area contributed by atoms with Gasteiger partial charge in [0.25, 0.3) is 0 Å². The summed E-state index contributed by atoms with van der Waals surface area (Å²) >= 11 is 0. The molecule has 3 aromatic rings. The van der Waals surface area contributed by atoms with Crippen LogP contribution in [-0.4, -0.2) is 63.6 Å². The zero-order valence-electron chi connectivity index (χ0n) is 19.4. The second-order valence-corrected chi connectivity index (χ2v) is 9.15. The lowest BCUT2D eigenvalue weighted by molar-refractivity contribution is -0.152. The number of hydrogen-bond donors (Lipinski definition) is 3. The van der Waals surface area contributed by atoms with Gasteiger partial charge in [-0.3, -0.25) is 4.98 Å². The van der Waals surface area contributed by atoms with Gasteiger partial charge in [-0.15, -0.1) is 0 Å². The zero-order valence-corrected chi connectivity index (χ0v) is 19.4. The normalized spacial score (nSPS) is 21.4. The molecule has 0 atom stereocenters. The van der Waals surface area contributed by atoms with Crippen molar-refractivity contribution < 1.29 is 19.7 Å². The fraction of sp³-hybridized carbons (Fsp3) is 0.480. The van der Waals surface area contributed by atoms with Crippen LogP contribution in [0, 0.1) is 0 Å². The lowest BCUT2D eigenvalue weighted by Crippen LogP contribution is -2.36. The van der Waals surface area contributed by atoms with E-state index in [1.54, 1.807) is 30.7 Å². The van der Waals surface area contributed by atoms with E-state index in [2.05, 4.69) is 37.3 Å². The molecule has 0 spiro atoms. The fourth-order valence-electron chi connectivity index (χ4n) is 4.64. The number of morpholine rings is 1. The smallest absolute Gasteiger partial charge is 0.186 e. The van der Waals surface area contributed by atoms with Crippen molar-refractivity contribution in [3.8, 4) is 5.75 Å². The number of rotatable bonds is 6. The van der Waals surface area contributed by atoms with E-state index < -0.39 is 5.79 Å². The fourth-order valence-corrected chi connectivity index (χ4v) is 4.64. The third-order valence-corrected chi connectivity index (χ3v) is 6.53. The number of nitrogens with zero attached hydrogens (tertiary/aromatic N) is 4. The Bertz CT molecular complexity index is 1120. The monoisotopic (exact) mass is 465 g/mol. The van der Waals surface area contributed by atoms with Crippen LogP contribution in [0.1, 0.15) is 38.2 Å². The lowest BCUT2D eigenvalue weighted by atomic mass is 9.93. The highest BCUT2D eigenvalue weighted by Gasteiger charge is 2.25. The van der Waals surface area contributed by atoms with Gasteiger partial charge >= 0.3 is 0 Å². The highest BCUT2D eigenvalue weighted by atomic mass is 16.5. The quantitative estimate of drug-likeness (QED) is 0.473. The van der Waals surface area contributed by atoms with Crippen molar-refractivity contribution in [1.82, 2.24) is 15.0 Å². The first kappa shape index (κ1) is 22.8. The first-order chi connectivity index (χ1) is 16.5. The maximum atomic E-state index is 9.84. The van der Waals surface area contributed by atoms with Crippen molar-refractivity contribution in [2.75, 3.05) is 36.5 Å². The molecule has 9 heteroatoms. The van der Waals surface area contributed by atoms with E-state index in [0.717, 1.165) is 74.5 Å². The summed E-state index contributed by atoms with van der Waals surface area (Å²) in [6.07, 6.45) is 8.76. The average Bonchev–Trinajstić information content (AvgIpc) is 2.85. The minimum atomic E-state index is -1.88. The molecule has 2 fully saturated rings. The molecule has 2 aliphatic rings. The van der Waals surface area contributed by atoms with E-state index in [4.69, 9.17) is 9.47 Å². The molecule has 1 saturated carbocycles. The first-order valence-corrected chi connectivity index (χ1v) is 11.9. The summed E-state index contributed by atoms with van der Waals surface area (Å²) in [7, 11) is 0. The summed E-state index contributed by atoms with van der Waals surface area (Å²) in [5, 5.41) is 23.1. The van der Waals surface area contributed by atoms with E-state index in [-0.39, 0.29) is 12.1 Å². The van der Waals surface area contributed by atoms with Gasteiger partial charge in [-0.2, -0.15) is 0 Å². The number of nitrogens with one attached hydrogen (secondary N) is 1. The molecule has 34 heavy (non-hydrogen) atoms. The van der Waals surface area contributed by atoms with Crippen LogP contribution in [0.5, 0.6) is 5.75 Å². The second kappa shape index (κ2) is 9.69. The van der Waals surface area contributed by atoms with Crippen molar-refractivity contribution in [1.29, 1.82) is 0 Å². The summed E-state index contributed by atoms with van der Waals surface area (Å²) in [6.45, 7) is 4.49. The van der Waals surface area contributed by atoms with Gasteiger partial charge in [0.05, 0.1) is 24.8 Å². The molecule has 0 radical (unpaired) electrons. The number of aromatic nitrogens is 3. The van der Waals surface area contributed by atoms with Crippen LogP contribution in [-0.2, 0) is 10.5 Å². The summed E-state index contributed by atoms with van der Waals surface area (Å²) in [4.78, 5) is 15.7. The third-order valence-electron chi connectivity index (χ3n) is 6.53. The predicted octanol–water partition coefficient (Wildman–Crippen LogP) is 2.82. The van der Waals surface area contributed by atoms with Crippen LogP contribution in [0.25, 0.3) is 11.0 Å². The standard InChI is InChI=1S/C25H31N5O4/c1-25(31,32)17-6-7-27-23(14-17)29-18-2-4-20(5-3-18)34-22-16-19(30-10-12-33-13-11-30)15-21-24(22)28-9-8-26-21/h6-9,14-16,18,20,31-32H,2-5,10-13H2,1H3,(H,27,29). The van der Waals surface area contributed by atoms with Crippen molar-refractivity contribution >= 4 is 22.5 Å². The summed E-state index contributed by atoms with van der Waals surface area (Å²) in [6, 6.07) is 7.70. The Morgan fingerprint density at radius 3 is 2.53 bits per heavy atom. The van der Waals surface area contributed by atoms with Crippen molar-refractivity contribution in [2.24, 2.45) is 0 Å². The molecule has 3 heterocycles. The molecule has 1 aromatic carbocycles. The summed E-state index contributed by atoms with van der Waals surface area (Å²) in [5.74, 6) is -0.453. The third kappa shape index (κ3) is 5.22. The van der Waals surface area contributed by atoms with Gasteiger partial charge in [0.15, 0.2) is 5.79 Å². The predicted molar refractivity (Wildman–Crippen MR) is 129 cm³/mol. The molecule has 3 N–H and O–H groups in total. The molecule has 0 unspecified atom stereocenters. The Hall–Kier alpha value is -3.01. The van der Waals surface area contributed by atoms with Crippen LogP contribution < -0.4 is 15.0 Å². The van der Waals surface area contributed by atoms with E-state index in [1.807, 2.05) is 0 Å². The number of aliphatic hydroxyl groups is 2. The molecule has 2 aromatic heterocycles. The van der Waals surface area contributed by atoms with Gasteiger partial charge in [-0.1, -0.05) is 0 Å². The minimum Gasteiger partial charge on any atom is -0.488 e. The molecule has 1 saturated heterocycles. The average molecular weight is 466 g/mol. The number of ether oxygens (including phenoxy) is 2.